The van der Waals surface area contributed by atoms with Crippen LogP contribution in [0.4, 0.5) is 0 Å². The molecule has 0 spiro atoms. The number of aryl methyl sites for hydroxylation is 2. The number of hydrogen-bond acceptors (Lipinski definition) is 2. The van der Waals surface area contributed by atoms with Crippen LogP contribution in [0.3, 0.4) is 0 Å². The van der Waals surface area contributed by atoms with Crippen molar-refractivity contribution in [3.8, 4) is 10.4 Å². The fraction of sp³-hybridized carbons (Fsp3) is 0.375. The molecule has 0 unspecified atom stereocenters. The van der Waals surface area contributed by atoms with Crippen LogP contribution < -0.4 is 5.32 Å². The standard InChI is InChI=1S/C16H19NS/c1-11-3-4-13(10-17-14-5-6-14)15(9-11)16-12(2)7-8-18-16/h3-4,7-9,14,17H,5-6,10H2,1-2H3. The van der Waals surface area contributed by atoms with Crippen LogP contribution in [0.5, 0.6) is 0 Å². The maximum atomic E-state index is 3.62. The molecule has 1 N–H and O–H groups in total. The Morgan fingerprint density at radius 2 is 2.06 bits per heavy atom. The van der Waals surface area contributed by atoms with Crippen LogP contribution >= 0.6 is 11.3 Å². The summed E-state index contributed by atoms with van der Waals surface area (Å²) in [6, 6.07) is 9.79. The molecular formula is C16H19NS. The molecule has 2 heteroatoms. The Bertz CT molecular complexity index is 552. The third kappa shape index (κ3) is 2.50. The quantitative estimate of drug-likeness (QED) is 0.862. The van der Waals surface area contributed by atoms with Crippen molar-refractivity contribution in [3.63, 3.8) is 0 Å². The van der Waals surface area contributed by atoms with E-state index in [1.54, 1.807) is 0 Å². The highest BCUT2D eigenvalue weighted by Crippen LogP contribution is 2.33. The van der Waals surface area contributed by atoms with Gasteiger partial charge in [-0.25, -0.2) is 0 Å². The lowest BCUT2D eigenvalue weighted by Gasteiger charge is -2.11. The van der Waals surface area contributed by atoms with E-state index in [1.807, 2.05) is 11.3 Å². The maximum Gasteiger partial charge on any atom is 0.0375 e. The van der Waals surface area contributed by atoms with Crippen LogP contribution in [0.1, 0.15) is 29.5 Å². The molecule has 0 amide bonds. The van der Waals surface area contributed by atoms with Gasteiger partial charge in [0.2, 0.25) is 0 Å². The Kier molecular flexibility index (Phi) is 3.23. The molecule has 18 heavy (non-hydrogen) atoms. The number of hydrogen-bond donors (Lipinski definition) is 1. The van der Waals surface area contributed by atoms with Crippen LogP contribution in [0.15, 0.2) is 29.6 Å². The summed E-state index contributed by atoms with van der Waals surface area (Å²) < 4.78 is 0. The lowest BCUT2D eigenvalue weighted by atomic mass is 10.0. The molecule has 1 aliphatic rings. The van der Waals surface area contributed by atoms with Crippen LogP contribution in [-0.2, 0) is 6.54 Å². The van der Waals surface area contributed by atoms with Crippen molar-refractivity contribution in [1.82, 2.24) is 5.32 Å². The van der Waals surface area contributed by atoms with E-state index in [9.17, 15) is 0 Å². The van der Waals surface area contributed by atoms with E-state index in [1.165, 1.54) is 40.0 Å². The van der Waals surface area contributed by atoms with Crippen molar-refractivity contribution in [3.05, 3.63) is 46.3 Å². The molecule has 1 aromatic carbocycles. The molecule has 1 heterocycles. The van der Waals surface area contributed by atoms with Crippen LogP contribution in [0.2, 0.25) is 0 Å². The summed E-state index contributed by atoms with van der Waals surface area (Å²) in [6.45, 7) is 5.37. The zero-order chi connectivity index (χ0) is 12.5. The molecule has 1 saturated carbocycles. The largest absolute Gasteiger partial charge is 0.310 e. The van der Waals surface area contributed by atoms with Gasteiger partial charge in [-0.05, 0) is 54.8 Å². The van der Waals surface area contributed by atoms with Gasteiger partial charge < -0.3 is 5.32 Å². The number of nitrogens with one attached hydrogen (secondary N) is 1. The maximum absolute atomic E-state index is 3.62. The van der Waals surface area contributed by atoms with Crippen molar-refractivity contribution in [2.24, 2.45) is 0 Å². The Balaban J connectivity index is 1.94. The molecule has 3 rings (SSSR count). The van der Waals surface area contributed by atoms with E-state index in [0.29, 0.717) is 0 Å². The molecule has 1 aromatic heterocycles. The smallest absolute Gasteiger partial charge is 0.0375 e. The first-order chi connectivity index (χ1) is 8.74. The predicted octanol–water partition coefficient (Wildman–Crippen LogP) is 4.28. The summed E-state index contributed by atoms with van der Waals surface area (Å²) in [4.78, 5) is 1.42. The van der Waals surface area contributed by atoms with Crippen molar-refractivity contribution in [2.75, 3.05) is 0 Å². The van der Waals surface area contributed by atoms with Crippen molar-refractivity contribution in [2.45, 2.75) is 39.3 Å². The van der Waals surface area contributed by atoms with Crippen molar-refractivity contribution < 1.29 is 0 Å². The lowest BCUT2D eigenvalue weighted by molar-refractivity contribution is 0.689. The number of rotatable bonds is 4. The van der Waals surface area contributed by atoms with Crippen molar-refractivity contribution in [1.29, 1.82) is 0 Å². The van der Waals surface area contributed by atoms with Crippen LogP contribution in [0, 0.1) is 13.8 Å². The summed E-state index contributed by atoms with van der Waals surface area (Å²) in [7, 11) is 0. The van der Waals surface area contributed by atoms with Gasteiger partial charge in [-0.3, -0.25) is 0 Å². The highest BCUT2D eigenvalue weighted by Gasteiger charge is 2.20. The molecule has 0 atom stereocenters. The van der Waals surface area contributed by atoms with Gasteiger partial charge in [-0.15, -0.1) is 11.3 Å². The third-order valence-electron chi connectivity index (χ3n) is 3.53. The average Bonchev–Trinajstić information content (AvgIpc) is 3.09. The van der Waals surface area contributed by atoms with Gasteiger partial charge in [0.1, 0.15) is 0 Å². The van der Waals surface area contributed by atoms with E-state index in [0.717, 1.165) is 12.6 Å². The Morgan fingerprint density at radius 1 is 1.22 bits per heavy atom. The Labute approximate surface area is 113 Å². The second-order valence-electron chi connectivity index (χ2n) is 5.25. The fourth-order valence-electron chi connectivity index (χ4n) is 2.25. The monoisotopic (exact) mass is 257 g/mol. The topological polar surface area (TPSA) is 12.0 Å². The van der Waals surface area contributed by atoms with E-state index >= 15 is 0 Å². The SMILES string of the molecule is Cc1ccc(CNC2CC2)c(-c2sccc2C)c1. The van der Waals surface area contributed by atoms with Crippen LogP contribution in [-0.4, -0.2) is 6.04 Å². The normalized spacial score (nSPS) is 15.0. The molecule has 0 bridgehead atoms. The van der Waals surface area contributed by atoms with E-state index in [4.69, 9.17) is 0 Å². The fourth-order valence-corrected chi connectivity index (χ4v) is 3.23. The summed E-state index contributed by atoms with van der Waals surface area (Å²) >= 11 is 1.85. The summed E-state index contributed by atoms with van der Waals surface area (Å²) in [5, 5.41) is 5.80. The van der Waals surface area contributed by atoms with E-state index in [2.05, 4.69) is 48.8 Å². The molecule has 0 saturated heterocycles. The zero-order valence-corrected chi connectivity index (χ0v) is 11.8. The molecule has 1 nitrogen and oxygen atoms in total. The zero-order valence-electron chi connectivity index (χ0n) is 11.0. The van der Waals surface area contributed by atoms with Gasteiger partial charge in [0.15, 0.2) is 0 Å². The van der Waals surface area contributed by atoms with E-state index in [-0.39, 0.29) is 0 Å². The first-order valence-electron chi connectivity index (χ1n) is 6.61. The first kappa shape index (κ1) is 11.9. The number of thiophene rings is 1. The van der Waals surface area contributed by atoms with Gasteiger partial charge in [-0.2, -0.15) is 0 Å². The number of benzene rings is 1. The van der Waals surface area contributed by atoms with Crippen LogP contribution in [0.25, 0.3) is 10.4 Å². The molecular weight excluding hydrogens is 238 g/mol. The highest BCUT2D eigenvalue weighted by atomic mass is 32.1. The molecule has 94 valence electrons. The van der Waals surface area contributed by atoms with Gasteiger partial charge in [0.25, 0.3) is 0 Å². The molecule has 1 fully saturated rings. The minimum absolute atomic E-state index is 0.767. The third-order valence-corrected chi connectivity index (χ3v) is 4.58. The van der Waals surface area contributed by atoms with Gasteiger partial charge in [0.05, 0.1) is 0 Å². The molecule has 1 aliphatic carbocycles. The summed E-state index contributed by atoms with van der Waals surface area (Å²) in [5.41, 5.74) is 5.57. The van der Waals surface area contributed by atoms with Gasteiger partial charge >= 0.3 is 0 Å². The summed E-state index contributed by atoms with van der Waals surface area (Å²) in [6.07, 6.45) is 2.69. The van der Waals surface area contributed by atoms with Crippen molar-refractivity contribution >= 4 is 11.3 Å². The average molecular weight is 257 g/mol. The Morgan fingerprint density at radius 3 is 2.72 bits per heavy atom. The minimum atomic E-state index is 0.767. The molecule has 2 aromatic rings. The first-order valence-corrected chi connectivity index (χ1v) is 7.49. The Hall–Kier alpha value is -1.12. The van der Waals surface area contributed by atoms with E-state index < -0.39 is 0 Å². The summed E-state index contributed by atoms with van der Waals surface area (Å²) in [5.74, 6) is 0. The molecule has 0 aliphatic heterocycles. The second kappa shape index (κ2) is 4.87. The lowest BCUT2D eigenvalue weighted by Crippen LogP contribution is -2.15. The second-order valence-corrected chi connectivity index (χ2v) is 6.16. The highest BCUT2D eigenvalue weighted by molar-refractivity contribution is 7.13. The van der Waals surface area contributed by atoms with Gasteiger partial charge in [0, 0.05) is 17.5 Å². The minimum Gasteiger partial charge on any atom is -0.310 e. The predicted molar refractivity (Wildman–Crippen MR) is 79.1 cm³/mol. The molecule has 0 radical (unpaired) electrons. The van der Waals surface area contributed by atoms with Gasteiger partial charge in [-0.1, -0.05) is 23.8 Å².